The maximum Gasteiger partial charge on any atom is 0.123 e. The van der Waals surface area contributed by atoms with Gasteiger partial charge in [0.1, 0.15) is 5.82 Å². The van der Waals surface area contributed by atoms with Gasteiger partial charge in [-0.1, -0.05) is 19.1 Å². The fraction of sp³-hybridized carbons (Fsp3) is 0.667. The highest BCUT2D eigenvalue weighted by Gasteiger charge is 2.16. The Kier molecular flexibility index (Phi) is 7.17. The van der Waals surface area contributed by atoms with E-state index >= 15 is 0 Å². The van der Waals surface area contributed by atoms with Gasteiger partial charge in [0.15, 0.2) is 0 Å². The van der Waals surface area contributed by atoms with E-state index in [2.05, 4.69) is 12.2 Å². The quantitative estimate of drug-likeness (QED) is 0.740. The number of benzene rings is 1. The minimum Gasteiger partial charge on any atom is -0.378 e. The molecule has 0 aliphatic carbocycles. The number of halogens is 1. The molecule has 1 aromatic rings. The predicted molar refractivity (Wildman–Crippen MR) is 85.0 cm³/mol. The summed E-state index contributed by atoms with van der Waals surface area (Å²) < 4.78 is 18.7. The van der Waals surface area contributed by atoms with Crippen molar-refractivity contribution in [3.63, 3.8) is 0 Å². The van der Waals surface area contributed by atoms with Crippen molar-refractivity contribution in [2.75, 3.05) is 13.2 Å². The molecule has 0 spiro atoms. The first kappa shape index (κ1) is 16.4. The summed E-state index contributed by atoms with van der Waals surface area (Å²) in [6.45, 7) is 4.18. The van der Waals surface area contributed by atoms with E-state index in [1.165, 1.54) is 31.2 Å². The Morgan fingerprint density at radius 2 is 2.14 bits per heavy atom. The zero-order valence-electron chi connectivity index (χ0n) is 13.1. The van der Waals surface area contributed by atoms with Crippen molar-refractivity contribution in [3.05, 3.63) is 35.6 Å². The molecule has 1 fully saturated rings. The van der Waals surface area contributed by atoms with E-state index in [-0.39, 0.29) is 5.82 Å². The molecule has 21 heavy (non-hydrogen) atoms. The van der Waals surface area contributed by atoms with Gasteiger partial charge >= 0.3 is 0 Å². The number of hydrogen-bond donors (Lipinski definition) is 1. The van der Waals surface area contributed by atoms with E-state index in [1.54, 1.807) is 12.1 Å². The Morgan fingerprint density at radius 1 is 1.33 bits per heavy atom. The van der Waals surface area contributed by atoms with Crippen molar-refractivity contribution in [1.29, 1.82) is 0 Å². The molecule has 1 aliphatic rings. The number of rotatable bonds is 9. The van der Waals surface area contributed by atoms with Crippen molar-refractivity contribution in [1.82, 2.24) is 5.32 Å². The van der Waals surface area contributed by atoms with Crippen LogP contribution in [0.3, 0.4) is 0 Å². The second kappa shape index (κ2) is 9.16. The topological polar surface area (TPSA) is 21.3 Å². The molecule has 2 unspecified atom stereocenters. The Morgan fingerprint density at radius 3 is 2.81 bits per heavy atom. The molecule has 0 amide bonds. The monoisotopic (exact) mass is 293 g/mol. The van der Waals surface area contributed by atoms with Crippen LogP contribution in [0.15, 0.2) is 24.3 Å². The highest BCUT2D eigenvalue weighted by atomic mass is 19.1. The summed E-state index contributed by atoms with van der Waals surface area (Å²) in [5.41, 5.74) is 1.21. The van der Waals surface area contributed by atoms with E-state index in [9.17, 15) is 4.39 Å². The van der Waals surface area contributed by atoms with Crippen LogP contribution in [0.2, 0.25) is 0 Å². The van der Waals surface area contributed by atoms with Gasteiger partial charge in [0.25, 0.3) is 0 Å². The lowest BCUT2D eigenvalue weighted by Crippen LogP contribution is -2.32. The van der Waals surface area contributed by atoms with E-state index in [1.807, 2.05) is 12.1 Å². The maximum absolute atomic E-state index is 13.0. The van der Waals surface area contributed by atoms with Crippen molar-refractivity contribution < 1.29 is 9.13 Å². The van der Waals surface area contributed by atoms with E-state index in [0.29, 0.717) is 12.1 Å². The predicted octanol–water partition coefficient (Wildman–Crippen LogP) is 4.09. The third kappa shape index (κ3) is 6.15. The van der Waals surface area contributed by atoms with Gasteiger partial charge < -0.3 is 10.1 Å². The summed E-state index contributed by atoms with van der Waals surface area (Å²) in [7, 11) is 0. The molecule has 1 N–H and O–H groups in total. The van der Waals surface area contributed by atoms with Crippen LogP contribution >= 0.6 is 0 Å². The van der Waals surface area contributed by atoms with Crippen LogP contribution < -0.4 is 5.32 Å². The molecule has 0 radical (unpaired) electrons. The summed E-state index contributed by atoms with van der Waals surface area (Å²) in [5.74, 6) is -0.157. The molecule has 1 aliphatic heterocycles. The molecular formula is C18H28FNO. The van der Waals surface area contributed by atoms with Gasteiger partial charge in [-0.25, -0.2) is 4.39 Å². The Bertz CT molecular complexity index is 387. The number of nitrogens with one attached hydrogen (secondary N) is 1. The van der Waals surface area contributed by atoms with Gasteiger partial charge in [-0.3, -0.25) is 0 Å². The van der Waals surface area contributed by atoms with Crippen molar-refractivity contribution >= 4 is 0 Å². The zero-order chi connectivity index (χ0) is 14.9. The van der Waals surface area contributed by atoms with E-state index < -0.39 is 0 Å². The average molecular weight is 293 g/mol. The smallest absolute Gasteiger partial charge is 0.123 e. The van der Waals surface area contributed by atoms with Crippen LogP contribution in [0, 0.1) is 5.82 Å². The SMILES string of the molecule is CCCNC(CCCC1CCCO1)Cc1ccc(F)cc1. The van der Waals surface area contributed by atoms with Gasteiger partial charge in [-0.2, -0.15) is 0 Å². The second-order valence-electron chi connectivity index (χ2n) is 6.05. The van der Waals surface area contributed by atoms with Gasteiger partial charge in [0, 0.05) is 12.6 Å². The van der Waals surface area contributed by atoms with Crippen LogP contribution in [-0.2, 0) is 11.2 Å². The molecule has 2 nitrogen and oxygen atoms in total. The fourth-order valence-electron chi connectivity index (χ4n) is 2.99. The Balaban J connectivity index is 1.77. The second-order valence-corrected chi connectivity index (χ2v) is 6.05. The molecule has 2 atom stereocenters. The minimum atomic E-state index is -0.157. The highest BCUT2D eigenvalue weighted by Crippen LogP contribution is 2.19. The third-order valence-electron chi connectivity index (χ3n) is 4.18. The summed E-state index contributed by atoms with van der Waals surface area (Å²) in [6, 6.07) is 7.39. The van der Waals surface area contributed by atoms with Crippen molar-refractivity contribution in [3.8, 4) is 0 Å². The highest BCUT2D eigenvalue weighted by molar-refractivity contribution is 5.17. The molecule has 0 saturated carbocycles. The standard InChI is InChI=1S/C18H28FNO/c1-2-12-20-17(5-3-6-18-7-4-13-21-18)14-15-8-10-16(19)11-9-15/h8-11,17-18,20H,2-7,12-14H2,1H3. The lowest BCUT2D eigenvalue weighted by molar-refractivity contribution is 0.101. The normalized spacial score (nSPS) is 19.8. The van der Waals surface area contributed by atoms with E-state index in [0.717, 1.165) is 32.4 Å². The fourth-order valence-corrected chi connectivity index (χ4v) is 2.99. The van der Waals surface area contributed by atoms with Gasteiger partial charge in [0.05, 0.1) is 6.10 Å². The summed E-state index contributed by atoms with van der Waals surface area (Å²) in [5, 5.41) is 3.62. The van der Waals surface area contributed by atoms with E-state index in [4.69, 9.17) is 4.74 Å². The first-order chi connectivity index (χ1) is 10.3. The number of ether oxygens (including phenoxy) is 1. The van der Waals surface area contributed by atoms with Crippen LogP contribution in [0.25, 0.3) is 0 Å². The molecule has 3 heteroatoms. The van der Waals surface area contributed by atoms with Crippen molar-refractivity contribution in [2.45, 2.75) is 64.0 Å². The zero-order valence-corrected chi connectivity index (χ0v) is 13.1. The third-order valence-corrected chi connectivity index (χ3v) is 4.18. The Labute approximate surface area is 128 Å². The first-order valence-corrected chi connectivity index (χ1v) is 8.37. The molecule has 1 saturated heterocycles. The summed E-state index contributed by atoms with van der Waals surface area (Å²) in [6.07, 6.45) is 8.60. The molecule has 118 valence electrons. The molecule has 0 bridgehead atoms. The van der Waals surface area contributed by atoms with Crippen LogP contribution in [0.5, 0.6) is 0 Å². The van der Waals surface area contributed by atoms with Gasteiger partial charge in [-0.05, 0) is 69.2 Å². The lowest BCUT2D eigenvalue weighted by Gasteiger charge is -2.19. The van der Waals surface area contributed by atoms with Crippen molar-refractivity contribution in [2.24, 2.45) is 0 Å². The number of hydrogen-bond acceptors (Lipinski definition) is 2. The molecule has 0 aromatic heterocycles. The molecule has 1 heterocycles. The maximum atomic E-state index is 13.0. The van der Waals surface area contributed by atoms with Gasteiger partial charge in [-0.15, -0.1) is 0 Å². The van der Waals surface area contributed by atoms with Gasteiger partial charge in [0.2, 0.25) is 0 Å². The summed E-state index contributed by atoms with van der Waals surface area (Å²) in [4.78, 5) is 0. The Hall–Kier alpha value is -0.930. The minimum absolute atomic E-state index is 0.157. The molecular weight excluding hydrogens is 265 g/mol. The van der Waals surface area contributed by atoms with Crippen LogP contribution in [0.1, 0.15) is 51.0 Å². The average Bonchev–Trinajstić information content (AvgIpc) is 3.00. The van der Waals surface area contributed by atoms with Crippen LogP contribution in [-0.4, -0.2) is 25.3 Å². The molecule has 1 aromatic carbocycles. The lowest BCUT2D eigenvalue weighted by atomic mass is 9.99. The summed E-state index contributed by atoms with van der Waals surface area (Å²) >= 11 is 0. The molecule has 2 rings (SSSR count). The largest absolute Gasteiger partial charge is 0.378 e. The van der Waals surface area contributed by atoms with Crippen LogP contribution in [0.4, 0.5) is 4.39 Å². The first-order valence-electron chi connectivity index (χ1n) is 8.37.